The number of aromatic hydroxyl groups is 1. The van der Waals surface area contributed by atoms with Crippen LogP contribution in [0.5, 0.6) is 5.75 Å². The molecule has 0 unspecified atom stereocenters. The molecule has 0 aliphatic carbocycles. The van der Waals surface area contributed by atoms with Crippen LogP contribution in [0.25, 0.3) is 0 Å². The highest BCUT2D eigenvalue weighted by atomic mass is 35.5. The minimum atomic E-state index is -0.524. The summed E-state index contributed by atoms with van der Waals surface area (Å²) >= 11 is 5.80. The highest BCUT2D eigenvalue weighted by Crippen LogP contribution is 2.23. The van der Waals surface area contributed by atoms with Crippen LogP contribution < -0.4 is 0 Å². The number of hydrogen-bond acceptors (Lipinski definition) is 4. The highest BCUT2D eigenvalue weighted by molar-refractivity contribution is 6.31. The third-order valence-corrected chi connectivity index (χ3v) is 2.69. The molecular weight excluding hydrogens is 282 g/mol. The van der Waals surface area contributed by atoms with E-state index in [1.54, 1.807) is 6.92 Å². The van der Waals surface area contributed by atoms with E-state index in [2.05, 4.69) is 6.58 Å². The Kier molecular flexibility index (Phi) is 6.06. The topological polar surface area (TPSA) is 66.8 Å². The molecule has 0 aliphatic rings. The Balaban J connectivity index is 2.95. The smallest absolute Gasteiger partial charge is 0.325 e. The number of carbonyl (C=O) groups is 2. The van der Waals surface area contributed by atoms with Gasteiger partial charge in [-0.15, -0.1) is 6.58 Å². The van der Waals surface area contributed by atoms with Gasteiger partial charge in [-0.2, -0.15) is 0 Å². The lowest BCUT2D eigenvalue weighted by atomic mass is 10.1. The molecule has 1 aromatic carbocycles. The van der Waals surface area contributed by atoms with E-state index in [1.165, 1.54) is 29.2 Å². The zero-order chi connectivity index (χ0) is 15.1. The van der Waals surface area contributed by atoms with Crippen LogP contribution in [0, 0.1) is 0 Å². The summed E-state index contributed by atoms with van der Waals surface area (Å²) in [5, 5.41) is 10.0. The van der Waals surface area contributed by atoms with E-state index < -0.39 is 11.9 Å². The standard InChI is InChI=1S/C14H16ClNO4/c1-3-7-16(9-13(18)20-4-2)14(19)11-8-10(15)5-6-12(11)17/h3,5-6,8,17H,1,4,7,9H2,2H3. The molecule has 5 nitrogen and oxygen atoms in total. The van der Waals surface area contributed by atoms with Crippen molar-refractivity contribution in [2.24, 2.45) is 0 Å². The lowest BCUT2D eigenvalue weighted by Crippen LogP contribution is -2.36. The Morgan fingerprint density at radius 2 is 2.20 bits per heavy atom. The maximum atomic E-state index is 12.3. The SMILES string of the molecule is C=CCN(CC(=O)OCC)C(=O)c1cc(Cl)ccc1O. The quantitative estimate of drug-likeness (QED) is 0.646. The third kappa shape index (κ3) is 4.28. The first-order valence-electron chi connectivity index (χ1n) is 6.03. The Labute approximate surface area is 122 Å². The van der Waals surface area contributed by atoms with Crippen LogP contribution in [0.4, 0.5) is 0 Å². The van der Waals surface area contributed by atoms with Crippen LogP contribution in [-0.2, 0) is 9.53 Å². The minimum absolute atomic E-state index is 0.0312. The molecule has 6 heteroatoms. The van der Waals surface area contributed by atoms with Crippen molar-refractivity contribution in [3.63, 3.8) is 0 Å². The number of nitrogens with zero attached hydrogens (tertiary/aromatic N) is 1. The number of rotatable bonds is 6. The van der Waals surface area contributed by atoms with Crippen molar-refractivity contribution in [3.05, 3.63) is 41.4 Å². The average molecular weight is 298 g/mol. The van der Waals surface area contributed by atoms with Gasteiger partial charge in [-0.05, 0) is 25.1 Å². The molecule has 1 N–H and O–H groups in total. The van der Waals surface area contributed by atoms with Gasteiger partial charge < -0.3 is 14.7 Å². The van der Waals surface area contributed by atoms with Crippen LogP contribution in [0.3, 0.4) is 0 Å². The number of phenolic OH excluding ortho intramolecular Hbond substituents is 1. The fourth-order valence-electron chi connectivity index (χ4n) is 1.59. The van der Waals surface area contributed by atoms with Gasteiger partial charge in [-0.3, -0.25) is 9.59 Å². The second-order valence-electron chi connectivity index (χ2n) is 3.94. The number of esters is 1. The number of ether oxygens (including phenoxy) is 1. The van der Waals surface area contributed by atoms with Crippen molar-refractivity contribution in [2.45, 2.75) is 6.92 Å². The lowest BCUT2D eigenvalue weighted by molar-refractivity contribution is -0.143. The van der Waals surface area contributed by atoms with Crippen molar-refractivity contribution in [2.75, 3.05) is 19.7 Å². The minimum Gasteiger partial charge on any atom is -0.507 e. The first kappa shape index (κ1) is 16.0. The number of carbonyl (C=O) groups excluding carboxylic acids is 2. The molecule has 0 radical (unpaired) electrons. The molecule has 0 saturated carbocycles. The monoisotopic (exact) mass is 297 g/mol. The van der Waals surface area contributed by atoms with Crippen molar-refractivity contribution in [1.29, 1.82) is 0 Å². The van der Waals surface area contributed by atoms with Gasteiger partial charge in [-0.1, -0.05) is 17.7 Å². The van der Waals surface area contributed by atoms with Gasteiger partial charge in [0.25, 0.3) is 5.91 Å². The molecule has 1 amide bonds. The van der Waals surface area contributed by atoms with Gasteiger partial charge in [0.1, 0.15) is 12.3 Å². The van der Waals surface area contributed by atoms with Crippen molar-refractivity contribution < 1.29 is 19.4 Å². The van der Waals surface area contributed by atoms with E-state index in [1.807, 2.05) is 0 Å². The van der Waals surface area contributed by atoms with Gasteiger partial charge in [0.05, 0.1) is 12.2 Å². The summed E-state index contributed by atoms with van der Waals surface area (Å²) in [6, 6.07) is 4.14. The summed E-state index contributed by atoms with van der Waals surface area (Å²) < 4.78 is 4.80. The number of benzene rings is 1. The zero-order valence-corrected chi connectivity index (χ0v) is 11.9. The van der Waals surface area contributed by atoms with Gasteiger partial charge >= 0.3 is 5.97 Å². The molecule has 0 aliphatic heterocycles. The average Bonchev–Trinajstić information content (AvgIpc) is 2.40. The van der Waals surface area contributed by atoms with Crippen LogP contribution >= 0.6 is 11.6 Å². The van der Waals surface area contributed by atoms with Crippen molar-refractivity contribution >= 4 is 23.5 Å². The predicted octanol–water partition coefficient (Wildman–Crippen LogP) is 2.24. The molecule has 0 spiro atoms. The van der Waals surface area contributed by atoms with Gasteiger partial charge in [0.15, 0.2) is 0 Å². The summed E-state index contributed by atoms with van der Waals surface area (Å²) in [7, 11) is 0. The van der Waals surface area contributed by atoms with E-state index >= 15 is 0 Å². The highest BCUT2D eigenvalue weighted by Gasteiger charge is 2.21. The summed E-state index contributed by atoms with van der Waals surface area (Å²) in [5.41, 5.74) is 0.0312. The fourth-order valence-corrected chi connectivity index (χ4v) is 1.76. The van der Waals surface area contributed by atoms with E-state index in [0.717, 1.165) is 0 Å². The summed E-state index contributed by atoms with van der Waals surface area (Å²) in [6.07, 6.45) is 1.48. The maximum Gasteiger partial charge on any atom is 0.325 e. The van der Waals surface area contributed by atoms with Crippen molar-refractivity contribution in [1.82, 2.24) is 4.90 Å². The van der Waals surface area contributed by atoms with Crippen LogP contribution in [0.2, 0.25) is 5.02 Å². The second kappa shape index (κ2) is 7.55. The first-order chi connectivity index (χ1) is 9.49. The molecule has 0 saturated heterocycles. The Morgan fingerprint density at radius 3 is 2.80 bits per heavy atom. The molecule has 0 fully saturated rings. The van der Waals surface area contributed by atoms with Gasteiger partial charge in [0, 0.05) is 11.6 Å². The molecule has 1 aromatic rings. The summed E-state index contributed by atoms with van der Waals surface area (Å²) in [6.45, 7) is 5.39. The third-order valence-electron chi connectivity index (χ3n) is 2.45. The largest absolute Gasteiger partial charge is 0.507 e. The maximum absolute atomic E-state index is 12.3. The molecule has 20 heavy (non-hydrogen) atoms. The van der Waals surface area contributed by atoms with Crippen molar-refractivity contribution in [3.8, 4) is 5.75 Å². The van der Waals surface area contributed by atoms with Crippen LogP contribution in [0.15, 0.2) is 30.9 Å². The van der Waals surface area contributed by atoms with E-state index in [9.17, 15) is 14.7 Å². The molecular formula is C14H16ClNO4. The number of hydrogen-bond donors (Lipinski definition) is 1. The number of amides is 1. The molecule has 0 heterocycles. The molecule has 1 rings (SSSR count). The van der Waals surface area contributed by atoms with Gasteiger partial charge in [0.2, 0.25) is 0 Å². The normalized spacial score (nSPS) is 9.90. The lowest BCUT2D eigenvalue weighted by Gasteiger charge is -2.20. The molecule has 0 bridgehead atoms. The van der Waals surface area contributed by atoms with E-state index in [0.29, 0.717) is 5.02 Å². The Bertz CT molecular complexity index is 516. The summed E-state index contributed by atoms with van der Waals surface area (Å²) in [4.78, 5) is 25.0. The molecule has 108 valence electrons. The van der Waals surface area contributed by atoms with E-state index in [4.69, 9.17) is 16.3 Å². The van der Waals surface area contributed by atoms with Crippen LogP contribution in [0.1, 0.15) is 17.3 Å². The van der Waals surface area contributed by atoms with E-state index in [-0.39, 0.29) is 31.0 Å². The molecule has 0 aromatic heterocycles. The Morgan fingerprint density at radius 1 is 1.50 bits per heavy atom. The fraction of sp³-hybridized carbons (Fsp3) is 0.286. The van der Waals surface area contributed by atoms with Crippen LogP contribution in [-0.4, -0.2) is 41.6 Å². The number of phenols is 1. The number of halogens is 1. The zero-order valence-electron chi connectivity index (χ0n) is 11.1. The predicted molar refractivity (Wildman–Crippen MR) is 75.9 cm³/mol. The Hall–Kier alpha value is -2.01. The molecule has 0 atom stereocenters. The first-order valence-corrected chi connectivity index (χ1v) is 6.41. The summed E-state index contributed by atoms with van der Waals surface area (Å²) in [5.74, 6) is -1.24. The van der Waals surface area contributed by atoms with Gasteiger partial charge in [-0.25, -0.2) is 0 Å². The second-order valence-corrected chi connectivity index (χ2v) is 4.38.